The largest absolute Gasteiger partial charge is 0.312 e. The van der Waals surface area contributed by atoms with Crippen molar-refractivity contribution in [2.75, 3.05) is 11.4 Å². The number of hydrogen-bond donors (Lipinski definition) is 1. The lowest BCUT2D eigenvalue weighted by Gasteiger charge is -2.30. The van der Waals surface area contributed by atoms with Gasteiger partial charge in [0.2, 0.25) is 15.9 Å². The smallest absolute Gasteiger partial charge is 0.241 e. The maximum absolute atomic E-state index is 12.9. The Morgan fingerprint density at radius 1 is 1.15 bits per heavy atom. The van der Waals surface area contributed by atoms with Crippen molar-refractivity contribution in [3.63, 3.8) is 0 Å². The van der Waals surface area contributed by atoms with Crippen molar-refractivity contribution in [3.8, 4) is 0 Å². The Morgan fingerprint density at radius 2 is 1.85 bits per heavy atom. The first-order valence-electron chi connectivity index (χ1n) is 9.17. The lowest BCUT2D eigenvalue weighted by molar-refractivity contribution is -0.116. The maximum Gasteiger partial charge on any atom is 0.241 e. The first-order valence-corrected chi connectivity index (χ1v) is 10.7. The van der Waals surface area contributed by atoms with Gasteiger partial charge in [0.15, 0.2) is 0 Å². The summed E-state index contributed by atoms with van der Waals surface area (Å²) in [6.07, 6.45) is 2.20. The molecule has 2 aromatic rings. The summed E-state index contributed by atoms with van der Waals surface area (Å²) in [4.78, 5) is 13.8. The molecule has 0 spiro atoms. The third-order valence-corrected chi connectivity index (χ3v) is 6.46. The molecule has 0 saturated carbocycles. The van der Waals surface area contributed by atoms with Crippen LogP contribution in [0.15, 0.2) is 53.4 Å². The van der Waals surface area contributed by atoms with Crippen LogP contribution in [-0.4, -0.2) is 26.4 Å². The van der Waals surface area contributed by atoms with E-state index in [4.69, 9.17) is 0 Å². The van der Waals surface area contributed by atoms with E-state index in [1.54, 1.807) is 23.1 Å². The van der Waals surface area contributed by atoms with Gasteiger partial charge in [0.1, 0.15) is 0 Å². The molecule has 6 heteroatoms. The summed E-state index contributed by atoms with van der Waals surface area (Å²) in [5, 5.41) is 0. The molecule has 0 atom stereocenters. The number of benzene rings is 2. The number of sulfonamides is 1. The minimum atomic E-state index is -3.66. The first-order chi connectivity index (χ1) is 12.7. The van der Waals surface area contributed by atoms with Crippen LogP contribution >= 0.6 is 0 Å². The fraction of sp³-hybridized carbons (Fsp3) is 0.381. The molecular formula is C21H26N2O3S. The Hall–Kier alpha value is -2.18. The number of nitrogens with one attached hydrogen (secondary N) is 1. The SMILES string of the molecule is CC(=O)N1CCCc2cc(S(=O)(=O)NC(C)(C)Cc3ccccc3)ccc21. The monoisotopic (exact) mass is 386 g/mol. The molecule has 144 valence electrons. The van der Waals surface area contributed by atoms with Crippen LogP contribution in [0.1, 0.15) is 38.3 Å². The fourth-order valence-electron chi connectivity index (χ4n) is 3.63. The molecule has 0 fully saturated rings. The molecule has 1 N–H and O–H groups in total. The van der Waals surface area contributed by atoms with Crippen LogP contribution in [0.25, 0.3) is 0 Å². The lowest BCUT2D eigenvalue weighted by atomic mass is 9.96. The van der Waals surface area contributed by atoms with Crippen LogP contribution in [0, 0.1) is 0 Å². The number of amides is 1. The van der Waals surface area contributed by atoms with Gasteiger partial charge in [-0.2, -0.15) is 0 Å². The summed E-state index contributed by atoms with van der Waals surface area (Å²) < 4.78 is 28.7. The van der Waals surface area contributed by atoms with Crippen molar-refractivity contribution in [2.24, 2.45) is 0 Å². The Labute approximate surface area is 161 Å². The van der Waals surface area contributed by atoms with Gasteiger partial charge in [-0.25, -0.2) is 13.1 Å². The second-order valence-corrected chi connectivity index (χ2v) is 9.40. The number of aryl methyl sites for hydroxylation is 1. The van der Waals surface area contributed by atoms with Gasteiger partial charge in [0.05, 0.1) is 4.90 Å². The molecule has 0 aliphatic carbocycles. The summed E-state index contributed by atoms with van der Waals surface area (Å²) >= 11 is 0. The summed E-state index contributed by atoms with van der Waals surface area (Å²) in [5.41, 5.74) is 2.17. The van der Waals surface area contributed by atoms with Crippen LogP contribution in [0.2, 0.25) is 0 Å². The molecule has 2 aromatic carbocycles. The zero-order valence-corrected chi connectivity index (χ0v) is 16.8. The highest BCUT2D eigenvalue weighted by molar-refractivity contribution is 7.89. The summed E-state index contributed by atoms with van der Waals surface area (Å²) in [6, 6.07) is 14.9. The molecule has 0 radical (unpaired) electrons. The van der Waals surface area contributed by atoms with E-state index in [9.17, 15) is 13.2 Å². The van der Waals surface area contributed by atoms with Crippen molar-refractivity contribution in [2.45, 2.75) is 50.5 Å². The fourth-order valence-corrected chi connectivity index (χ4v) is 5.09. The van der Waals surface area contributed by atoms with Gasteiger partial charge in [-0.15, -0.1) is 0 Å². The van der Waals surface area contributed by atoms with Gasteiger partial charge in [-0.1, -0.05) is 30.3 Å². The number of hydrogen-bond acceptors (Lipinski definition) is 3. The molecule has 1 amide bonds. The Balaban J connectivity index is 1.84. The second kappa shape index (κ2) is 7.44. The minimum Gasteiger partial charge on any atom is -0.312 e. The van der Waals surface area contributed by atoms with E-state index in [2.05, 4.69) is 4.72 Å². The summed E-state index contributed by atoms with van der Waals surface area (Å²) in [6.45, 7) is 5.98. The van der Waals surface area contributed by atoms with E-state index in [-0.39, 0.29) is 10.8 Å². The minimum absolute atomic E-state index is 0.0197. The van der Waals surface area contributed by atoms with Crippen LogP contribution in [-0.2, 0) is 27.7 Å². The van der Waals surface area contributed by atoms with Crippen LogP contribution in [0.5, 0.6) is 0 Å². The Bertz CT molecular complexity index is 937. The van der Waals surface area contributed by atoms with E-state index < -0.39 is 15.6 Å². The topological polar surface area (TPSA) is 66.5 Å². The second-order valence-electron chi connectivity index (χ2n) is 7.72. The zero-order chi connectivity index (χ0) is 19.7. The summed E-state index contributed by atoms with van der Waals surface area (Å²) in [7, 11) is -3.66. The highest BCUT2D eigenvalue weighted by Gasteiger charge is 2.28. The number of rotatable bonds is 5. The lowest BCUT2D eigenvalue weighted by Crippen LogP contribution is -2.45. The van der Waals surface area contributed by atoms with E-state index in [1.165, 1.54) is 6.92 Å². The number of anilines is 1. The number of fused-ring (bicyclic) bond motifs is 1. The molecule has 0 aromatic heterocycles. The molecule has 3 rings (SSSR count). The van der Waals surface area contributed by atoms with Crippen LogP contribution < -0.4 is 9.62 Å². The highest BCUT2D eigenvalue weighted by atomic mass is 32.2. The number of nitrogens with zero attached hydrogens (tertiary/aromatic N) is 1. The zero-order valence-electron chi connectivity index (χ0n) is 16.0. The molecule has 1 heterocycles. The standard InChI is InChI=1S/C21H26N2O3S/c1-16(24)23-13-7-10-18-14-19(11-12-20(18)23)27(25,26)22-21(2,3)15-17-8-5-4-6-9-17/h4-6,8-9,11-12,14,22H,7,10,13,15H2,1-3H3. The summed E-state index contributed by atoms with van der Waals surface area (Å²) in [5.74, 6) is -0.0197. The predicted octanol–water partition coefficient (Wildman–Crippen LogP) is 3.29. The quantitative estimate of drug-likeness (QED) is 0.857. The van der Waals surface area contributed by atoms with Gasteiger partial charge < -0.3 is 4.90 Å². The molecule has 27 heavy (non-hydrogen) atoms. The molecule has 0 saturated heterocycles. The van der Waals surface area contributed by atoms with E-state index in [0.29, 0.717) is 13.0 Å². The molecule has 1 aliphatic heterocycles. The predicted molar refractivity (Wildman–Crippen MR) is 107 cm³/mol. The molecule has 0 bridgehead atoms. The molecular weight excluding hydrogens is 360 g/mol. The van der Waals surface area contributed by atoms with Gasteiger partial charge in [-0.3, -0.25) is 4.79 Å². The number of carbonyl (C=O) groups excluding carboxylic acids is 1. The Morgan fingerprint density at radius 3 is 2.52 bits per heavy atom. The molecule has 1 aliphatic rings. The van der Waals surface area contributed by atoms with E-state index in [0.717, 1.165) is 29.7 Å². The first kappa shape index (κ1) is 19.6. The molecule has 0 unspecified atom stereocenters. The van der Waals surface area contributed by atoms with E-state index >= 15 is 0 Å². The van der Waals surface area contributed by atoms with Crippen molar-refractivity contribution >= 4 is 21.6 Å². The average Bonchev–Trinajstić information content (AvgIpc) is 2.60. The van der Waals surface area contributed by atoms with Crippen molar-refractivity contribution < 1.29 is 13.2 Å². The van der Waals surface area contributed by atoms with Gasteiger partial charge >= 0.3 is 0 Å². The van der Waals surface area contributed by atoms with Crippen molar-refractivity contribution in [1.82, 2.24) is 4.72 Å². The third-order valence-electron chi connectivity index (χ3n) is 4.76. The highest BCUT2D eigenvalue weighted by Crippen LogP contribution is 2.30. The normalized spacial score (nSPS) is 14.7. The van der Waals surface area contributed by atoms with Crippen LogP contribution in [0.3, 0.4) is 0 Å². The van der Waals surface area contributed by atoms with Crippen molar-refractivity contribution in [1.29, 1.82) is 0 Å². The third kappa shape index (κ3) is 4.57. The average molecular weight is 387 g/mol. The maximum atomic E-state index is 12.9. The number of carbonyl (C=O) groups is 1. The van der Waals surface area contributed by atoms with Crippen molar-refractivity contribution in [3.05, 3.63) is 59.7 Å². The van der Waals surface area contributed by atoms with Crippen LogP contribution in [0.4, 0.5) is 5.69 Å². The van der Waals surface area contributed by atoms with E-state index in [1.807, 2.05) is 44.2 Å². The van der Waals surface area contributed by atoms with Gasteiger partial charge in [-0.05, 0) is 62.4 Å². The Kier molecular flexibility index (Phi) is 5.40. The van der Waals surface area contributed by atoms with Gasteiger partial charge in [0, 0.05) is 24.7 Å². The van der Waals surface area contributed by atoms with Gasteiger partial charge in [0.25, 0.3) is 0 Å². The molecule has 5 nitrogen and oxygen atoms in total.